The minimum absolute atomic E-state index is 0.125. The second-order valence-electron chi connectivity index (χ2n) is 7.04. The number of anilines is 1. The summed E-state index contributed by atoms with van der Waals surface area (Å²) >= 11 is 0. The average Bonchev–Trinajstić information content (AvgIpc) is 2.61. The molecule has 2 unspecified atom stereocenters. The zero-order valence-corrected chi connectivity index (χ0v) is 12.4. The van der Waals surface area contributed by atoms with E-state index in [2.05, 4.69) is 47.6 Å². The van der Waals surface area contributed by atoms with Crippen LogP contribution < -0.4 is 4.90 Å². The molecule has 2 aliphatic heterocycles. The van der Waals surface area contributed by atoms with E-state index in [1.54, 1.807) is 0 Å². The number of hydrogen-bond donors (Lipinski definition) is 0. The molecule has 3 heterocycles. The highest BCUT2D eigenvalue weighted by Crippen LogP contribution is 2.32. The summed E-state index contributed by atoms with van der Waals surface area (Å²) in [5.74, 6) is 0.925. The molecule has 2 saturated heterocycles. The molecule has 0 aromatic carbocycles. The number of piperazine rings is 1. The largest absolute Gasteiger partial charge is 0.332 e. The van der Waals surface area contributed by atoms with Crippen molar-refractivity contribution >= 4 is 5.95 Å². The fourth-order valence-electron chi connectivity index (χ4n) is 3.28. The predicted octanol–water partition coefficient (Wildman–Crippen LogP) is 2.06. The molecule has 0 saturated carbocycles. The van der Waals surface area contributed by atoms with Crippen molar-refractivity contribution in [3.8, 4) is 0 Å². The molecule has 4 nitrogen and oxygen atoms in total. The summed E-state index contributed by atoms with van der Waals surface area (Å²) < 4.78 is 0. The van der Waals surface area contributed by atoms with Crippen LogP contribution in [-0.4, -0.2) is 47.1 Å². The van der Waals surface area contributed by atoms with Crippen molar-refractivity contribution < 1.29 is 0 Å². The third-order valence-electron chi connectivity index (χ3n) is 4.40. The van der Waals surface area contributed by atoms with Gasteiger partial charge in [0.2, 0.25) is 5.95 Å². The van der Waals surface area contributed by atoms with Crippen molar-refractivity contribution in [3.63, 3.8) is 0 Å². The van der Waals surface area contributed by atoms with Gasteiger partial charge in [0.25, 0.3) is 0 Å². The summed E-state index contributed by atoms with van der Waals surface area (Å²) in [4.78, 5) is 14.1. The third-order valence-corrected chi connectivity index (χ3v) is 4.40. The van der Waals surface area contributed by atoms with E-state index in [0.29, 0.717) is 12.1 Å². The van der Waals surface area contributed by atoms with E-state index in [-0.39, 0.29) is 5.41 Å². The van der Waals surface area contributed by atoms with E-state index >= 15 is 0 Å². The Kier molecular flexibility index (Phi) is 3.01. The fourth-order valence-corrected chi connectivity index (χ4v) is 3.28. The van der Waals surface area contributed by atoms with Crippen LogP contribution in [0.1, 0.15) is 39.2 Å². The zero-order chi connectivity index (χ0) is 13.6. The average molecular weight is 260 g/mol. The number of likely N-dealkylation sites (N-methyl/N-ethyl adjacent to an activating group) is 1. The van der Waals surface area contributed by atoms with Crippen LogP contribution in [0, 0.1) is 0 Å². The highest BCUT2D eigenvalue weighted by molar-refractivity contribution is 5.38. The van der Waals surface area contributed by atoms with Gasteiger partial charge in [-0.2, -0.15) is 0 Å². The van der Waals surface area contributed by atoms with Crippen LogP contribution in [0.4, 0.5) is 5.95 Å². The summed E-state index contributed by atoms with van der Waals surface area (Å²) in [6.45, 7) is 8.88. The molecule has 2 atom stereocenters. The molecule has 104 valence electrons. The molecule has 0 aliphatic carbocycles. The van der Waals surface area contributed by atoms with E-state index in [1.165, 1.54) is 18.4 Å². The van der Waals surface area contributed by atoms with Gasteiger partial charge in [0, 0.05) is 37.6 Å². The van der Waals surface area contributed by atoms with Gasteiger partial charge in [-0.1, -0.05) is 20.8 Å². The van der Waals surface area contributed by atoms with E-state index in [9.17, 15) is 0 Å². The third kappa shape index (κ3) is 2.34. The minimum atomic E-state index is 0.125. The Hall–Kier alpha value is -1.16. The van der Waals surface area contributed by atoms with Crippen molar-refractivity contribution in [3.05, 3.63) is 18.0 Å². The SMILES string of the molecule is CN1CC2CCC(C1)N2c1ncc(C(C)(C)C)cn1. The molecule has 0 spiro atoms. The van der Waals surface area contributed by atoms with Crippen LogP contribution in [0.3, 0.4) is 0 Å². The van der Waals surface area contributed by atoms with Gasteiger partial charge in [0.05, 0.1) is 0 Å². The Morgan fingerprint density at radius 1 is 1.05 bits per heavy atom. The molecule has 4 heteroatoms. The first kappa shape index (κ1) is 12.9. The molecule has 0 amide bonds. The van der Waals surface area contributed by atoms with Crippen LogP contribution in [0.5, 0.6) is 0 Å². The van der Waals surface area contributed by atoms with Crippen molar-refractivity contribution in [2.24, 2.45) is 0 Å². The van der Waals surface area contributed by atoms with Gasteiger partial charge in [0.1, 0.15) is 0 Å². The molecule has 19 heavy (non-hydrogen) atoms. The molecule has 0 N–H and O–H groups in total. The fraction of sp³-hybridized carbons (Fsp3) is 0.733. The van der Waals surface area contributed by atoms with Crippen molar-refractivity contribution in [1.82, 2.24) is 14.9 Å². The molecule has 2 bridgehead atoms. The monoisotopic (exact) mass is 260 g/mol. The van der Waals surface area contributed by atoms with Crippen LogP contribution in [0.15, 0.2) is 12.4 Å². The predicted molar refractivity (Wildman–Crippen MR) is 77.5 cm³/mol. The topological polar surface area (TPSA) is 32.3 Å². The van der Waals surface area contributed by atoms with Gasteiger partial charge in [-0.3, -0.25) is 0 Å². The lowest BCUT2D eigenvalue weighted by molar-refractivity contribution is 0.262. The lowest BCUT2D eigenvalue weighted by atomic mass is 9.89. The Morgan fingerprint density at radius 3 is 2.05 bits per heavy atom. The quantitative estimate of drug-likeness (QED) is 0.773. The molecular formula is C15H24N4. The van der Waals surface area contributed by atoms with Crippen molar-refractivity contribution in [1.29, 1.82) is 0 Å². The summed E-state index contributed by atoms with van der Waals surface area (Å²) in [6, 6.07) is 1.20. The minimum Gasteiger partial charge on any atom is -0.332 e. The van der Waals surface area contributed by atoms with Gasteiger partial charge in [-0.25, -0.2) is 9.97 Å². The first-order valence-corrected chi connectivity index (χ1v) is 7.24. The van der Waals surface area contributed by atoms with Crippen LogP contribution in [0.25, 0.3) is 0 Å². The normalized spacial score (nSPS) is 27.9. The van der Waals surface area contributed by atoms with Gasteiger partial charge in [-0.15, -0.1) is 0 Å². The standard InChI is InChI=1S/C15H24N4/c1-15(2,3)11-7-16-14(17-8-11)19-12-5-6-13(19)10-18(4)9-12/h7-8,12-13H,5-6,9-10H2,1-4H3. The van der Waals surface area contributed by atoms with Crippen molar-refractivity contribution in [2.75, 3.05) is 25.0 Å². The number of likely N-dealkylation sites (tertiary alicyclic amines) is 1. The number of nitrogens with zero attached hydrogens (tertiary/aromatic N) is 4. The smallest absolute Gasteiger partial charge is 0.225 e. The van der Waals surface area contributed by atoms with Gasteiger partial charge < -0.3 is 9.80 Å². The van der Waals surface area contributed by atoms with Gasteiger partial charge in [0.15, 0.2) is 0 Å². The first-order valence-electron chi connectivity index (χ1n) is 7.24. The molecule has 3 rings (SSSR count). The molecule has 1 aromatic heterocycles. The van der Waals surface area contributed by atoms with E-state index in [1.807, 2.05) is 12.4 Å². The maximum atomic E-state index is 4.63. The second kappa shape index (κ2) is 4.44. The van der Waals surface area contributed by atoms with Crippen LogP contribution in [0.2, 0.25) is 0 Å². The van der Waals surface area contributed by atoms with E-state index in [0.717, 1.165) is 19.0 Å². The molecular weight excluding hydrogens is 236 g/mol. The van der Waals surface area contributed by atoms with Gasteiger partial charge in [-0.05, 0) is 30.9 Å². The second-order valence-corrected chi connectivity index (χ2v) is 7.04. The lowest BCUT2D eigenvalue weighted by Gasteiger charge is -2.39. The Morgan fingerprint density at radius 2 is 1.58 bits per heavy atom. The molecule has 0 radical (unpaired) electrons. The Bertz CT molecular complexity index is 434. The van der Waals surface area contributed by atoms with E-state index < -0.39 is 0 Å². The number of aromatic nitrogens is 2. The molecule has 2 fully saturated rings. The zero-order valence-electron chi connectivity index (χ0n) is 12.4. The summed E-state index contributed by atoms with van der Waals surface area (Å²) in [5.41, 5.74) is 1.33. The Labute approximate surface area is 115 Å². The number of hydrogen-bond acceptors (Lipinski definition) is 4. The maximum absolute atomic E-state index is 4.63. The maximum Gasteiger partial charge on any atom is 0.225 e. The van der Waals surface area contributed by atoms with E-state index in [4.69, 9.17) is 0 Å². The highest BCUT2D eigenvalue weighted by atomic mass is 15.4. The number of fused-ring (bicyclic) bond motifs is 2. The summed E-state index contributed by atoms with van der Waals surface area (Å²) in [5, 5.41) is 0. The first-order chi connectivity index (χ1) is 8.95. The Balaban J connectivity index is 1.84. The van der Waals surface area contributed by atoms with Gasteiger partial charge >= 0.3 is 0 Å². The summed E-state index contributed by atoms with van der Waals surface area (Å²) in [6.07, 6.45) is 6.55. The lowest BCUT2D eigenvalue weighted by Crippen LogP contribution is -2.53. The van der Waals surface area contributed by atoms with Crippen molar-refractivity contribution in [2.45, 2.75) is 51.1 Å². The van der Waals surface area contributed by atoms with Crippen LogP contribution >= 0.6 is 0 Å². The molecule has 2 aliphatic rings. The highest BCUT2D eigenvalue weighted by Gasteiger charge is 2.40. The number of rotatable bonds is 1. The van der Waals surface area contributed by atoms with Crippen LogP contribution in [-0.2, 0) is 5.41 Å². The summed E-state index contributed by atoms with van der Waals surface area (Å²) in [7, 11) is 2.21. The molecule has 1 aromatic rings.